The maximum absolute atomic E-state index is 11.7. The van der Waals surface area contributed by atoms with Gasteiger partial charge in [-0.1, -0.05) is 49.6 Å². The largest absolute Gasteiger partial charge is 0.382 e. The highest BCUT2D eigenvalue weighted by molar-refractivity contribution is 6.01. The third-order valence-corrected chi connectivity index (χ3v) is 12.3. The highest BCUT2D eigenvalue weighted by atomic mass is 16.2. The lowest BCUT2D eigenvalue weighted by Crippen LogP contribution is -2.36. The van der Waals surface area contributed by atoms with E-state index in [1.54, 1.807) is 36.9 Å². The van der Waals surface area contributed by atoms with Crippen molar-refractivity contribution in [3.05, 3.63) is 159 Å². The fourth-order valence-electron chi connectivity index (χ4n) is 8.49. The number of carbonyl (C=O) groups is 2. The molecule has 0 spiro atoms. The number of anilines is 8. The van der Waals surface area contributed by atoms with Gasteiger partial charge in [0, 0.05) is 92.9 Å². The monoisotopic (exact) mass is 944 g/mol. The molecule has 16 nitrogen and oxygen atoms in total. The third kappa shape index (κ3) is 12.5. The summed E-state index contributed by atoms with van der Waals surface area (Å²) in [6, 6.07) is 36.3. The molecule has 0 saturated carbocycles. The van der Waals surface area contributed by atoms with Crippen LogP contribution >= 0.6 is 0 Å². The van der Waals surface area contributed by atoms with Crippen LogP contribution in [0.3, 0.4) is 0 Å². The van der Waals surface area contributed by atoms with Crippen LogP contribution in [0.4, 0.5) is 46.0 Å². The Morgan fingerprint density at radius 1 is 0.563 bits per heavy atom. The summed E-state index contributed by atoms with van der Waals surface area (Å²) in [6.45, 7) is 11.4. The minimum atomic E-state index is -0.272. The Labute approximate surface area is 412 Å². The number of piperidine rings is 2. The zero-order chi connectivity index (χ0) is 48.9. The first-order valence-corrected chi connectivity index (χ1v) is 23.7. The van der Waals surface area contributed by atoms with Gasteiger partial charge < -0.3 is 42.1 Å². The first kappa shape index (κ1) is 47.5. The SMILES string of the molecule is C=CC(=O)Nc1ccnc(-c2cccc3cnc(Nc4ccc(NC5CCN(C)CC5)cc4)nc23)c1.C=CC(=O)Nc1ccnc(-c2cccc3cnc(Nc4ccc(NC5CCNCC5)cc4)nc23)c1. The van der Waals surface area contributed by atoms with Crippen LogP contribution < -0.4 is 37.2 Å². The molecule has 2 amide bonds. The number of aromatic nitrogens is 6. The number of rotatable bonds is 14. The van der Waals surface area contributed by atoms with Gasteiger partial charge >= 0.3 is 0 Å². The fourth-order valence-corrected chi connectivity index (χ4v) is 8.49. The predicted octanol–water partition coefficient (Wildman–Crippen LogP) is 9.79. The lowest BCUT2D eigenvalue weighted by atomic mass is 10.1. The molecule has 4 aromatic carbocycles. The Bertz CT molecular complexity index is 3150. The molecule has 16 heteroatoms. The van der Waals surface area contributed by atoms with E-state index < -0.39 is 0 Å². The molecule has 10 rings (SSSR count). The first-order valence-electron chi connectivity index (χ1n) is 23.7. The van der Waals surface area contributed by atoms with Crippen LogP contribution in [0.15, 0.2) is 159 Å². The van der Waals surface area contributed by atoms with Crippen LogP contribution in [0, 0.1) is 0 Å². The van der Waals surface area contributed by atoms with Crippen LogP contribution in [0.2, 0.25) is 0 Å². The van der Waals surface area contributed by atoms with Crippen molar-refractivity contribution in [1.29, 1.82) is 0 Å². The van der Waals surface area contributed by atoms with Crippen molar-refractivity contribution in [3.8, 4) is 22.5 Å². The molecule has 8 aromatic rings. The van der Waals surface area contributed by atoms with E-state index >= 15 is 0 Å². The minimum Gasteiger partial charge on any atom is -0.382 e. The molecular formula is C55H56N14O2. The number of nitrogens with zero attached hydrogens (tertiary/aromatic N) is 7. The number of nitrogens with one attached hydrogen (secondary N) is 7. The molecule has 4 aromatic heterocycles. The zero-order valence-corrected chi connectivity index (χ0v) is 39.5. The molecule has 358 valence electrons. The van der Waals surface area contributed by atoms with E-state index in [2.05, 4.69) is 107 Å². The summed E-state index contributed by atoms with van der Waals surface area (Å²) in [6.07, 6.45) is 14.0. The Balaban J connectivity index is 0.000000176. The summed E-state index contributed by atoms with van der Waals surface area (Å²) in [5.41, 5.74) is 9.99. The van der Waals surface area contributed by atoms with Crippen LogP contribution in [-0.2, 0) is 9.59 Å². The van der Waals surface area contributed by atoms with Gasteiger partial charge in [-0.3, -0.25) is 19.6 Å². The molecular weight excluding hydrogens is 889 g/mol. The van der Waals surface area contributed by atoms with Crippen molar-refractivity contribution in [3.63, 3.8) is 0 Å². The maximum atomic E-state index is 11.7. The maximum Gasteiger partial charge on any atom is 0.247 e. The number of fused-ring (bicyclic) bond motifs is 2. The third-order valence-electron chi connectivity index (χ3n) is 12.3. The molecule has 71 heavy (non-hydrogen) atoms. The smallest absolute Gasteiger partial charge is 0.247 e. The Morgan fingerprint density at radius 3 is 1.45 bits per heavy atom. The van der Waals surface area contributed by atoms with Gasteiger partial charge in [-0.2, -0.15) is 0 Å². The summed E-state index contributed by atoms with van der Waals surface area (Å²) in [4.78, 5) is 53.3. The molecule has 2 fully saturated rings. The minimum absolute atomic E-state index is 0.272. The van der Waals surface area contributed by atoms with Crippen molar-refractivity contribution >= 4 is 79.6 Å². The summed E-state index contributed by atoms with van der Waals surface area (Å²) in [5.74, 6) is 0.458. The first-order chi connectivity index (χ1) is 34.7. The average Bonchev–Trinajstić information content (AvgIpc) is 3.40. The van der Waals surface area contributed by atoms with Crippen LogP contribution in [0.5, 0.6) is 0 Å². The van der Waals surface area contributed by atoms with Gasteiger partial charge in [-0.25, -0.2) is 19.9 Å². The summed E-state index contributed by atoms with van der Waals surface area (Å²) in [7, 11) is 2.17. The quantitative estimate of drug-likeness (QED) is 0.0508. The van der Waals surface area contributed by atoms with Crippen LogP contribution in [0.1, 0.15) is 25.7 Å². The van der Waals surface area contributed by atoms with Crippen molar-refractivity contribution in [2.45, 2.75) is 37.8 Å². The van der Waals surface area contributed by atoms with E-state index in [1.807, 2.05) is 72.8 Å². The molecule has 2 aliphatic rings. The number of para-hydroxylation sites is 2. The van der Waals surface area contributed by atoms with E-state index in [0.29, 0.717) is 46.7 Å². The number of benzene rings is 4. The van der Waals surface area contributed by atoms with E-state index in [-0.39, 0.29) is 11.8 Å². The average molecular weight is 945 g/mol. The van der Waals surface area contributed by atoms with Crippen molar-refractivity contribution in [2.24, 2.45) is 0 Å². The van der Waals surface area contributed by atoms with E-state index in [4.69, 9.17) is 9.97 Å². The topological polar surface area (TPSA) is 199 Å². The Kier molecular flexibility index (Phi) is 15.2. The van der Waals surface area contributed by atoms with Gasteiger partial charge in [-0.15, -0.1) is 0 Å². The molecule has 0 bridgehead atoms. The lowest BCUT2D eigenvalue weighted by molar-refractivity contribution is -0.112. The molecule has 0 radical (unpaired) electrons. The van der Waals surface area contributed by atoms with Gasteiger partial charge in [-0.05, 0) is 144 Å². The number of hydrogen-bond donors (Lipinski definition) is 7. The second-order valence-corrected chi connectivity index (χ2v) is 17.4. The predicted molar refractivity (Wildman–Crippen MR) is 286 cm³/mol. The summed E-state index contributed by atoms with van der Waals surface area (Å²) in [5, 5.41) is 24.6. The van der Waals surface area contributed by atoms with Gasteiger partial charge in [0.15, 0.2) is 0 Å². The van der Waals surface area contributed by atoms with Gasteiger partial charge in [0.05, 0.1) is 22.4 Å². The number of likely N-dealkylation sites (tertiary alicyclic amines) is 1. The molecule has 6 heterocycles. The van der Waals surface area contributed by atoms with Crippen molar-refractivity contribution < 1.29 is 9.59 Å². The van der Waals surface area contributed by atoms with Gasteiger partial charge in [0.25, 0.3) is 0 Å². The normalized spacial score (nSPS) is 14.1. The molecule has 0 unspecified atom stereocenters. The lowest BCUT2D eigenvalue weighted by Gasteiger charge is -2.30. The van der Waals surface area contributed by atoms with E-state index in [1.165, 1.54) is 12.2 Å². The second kappa shape index (κ2) is 22.7. The van der Waals surface area contributed by atoms with Crippen molar-refractivity contribution in [1.82, 2.24) is 40.1 Å². The molecule has 0 atom stereocenters. The highest BCUT2D eigenvalue weighted by Gasteiger charge is 2.17. The zero-order valence-electron chi connectivity index (χ0n) is 39.5. The number of carbonyl (C=O) groups excluding carboxylic acids is 2. The van der Waals surface area contributed by atoms with Gasteiger partial charge in [0.1, 0.15) is 0 Å². The second-order valence-electron chi connectivity index (χ2n) is 17.4. The summed E-state index contributed by atoms with van der Waals surface area (Å²) < 4.78 is 0. The number of pyridine rings is 2. The van der Waals surface area contributed by atoms with Crippen LogP contribution in [-0.4, -0.2) is 91.9 Å². The van der Waals surface area contributed by atoms with E-state index in [0.717, 1.165) is 108 Å². The highest BCUT2D eigenvalue weighted by Crippen LogP contribution is 2.31. The molecule has 2 aliphatic heterocycles. The molecule has 0 aliphatic carbocycles. The fraction of sp³-hybridized carbons (Fsp3) is 0.200. The van der Waals surface area contributed by atoms with E-state index in [9.17, 15) is 9.59 Å². The molecule has 2 saturated heterocycles. The molecule has 7 N–H and O–H groups in total. The Morgan fingerprint density at radius 2 is 1.00 bits per heavy atom. The van der Waals surface area contributed by atoms with Crippen LogP contribution in [0.25, 0.3) is 44.3 Å². The van der Waals surface area contributed by atoms with Gasteiger partial charge in [0.2, 0.25) is 23.7 Å². The van der Waals surface area contributed by atoms with Crippen molar-refractivity contribution in [2.75, 3.05) is 65.1 Å². The number of hydrogen-bond acceptors (Lipinski definition) is 14. The standard InChI is InChI=1S/C28H29N7O.C27H27N7O/c1-3-26(36)32-23-11-14-29-25(17-23)24-6-4-5-19-18-30-28(34-27(19)24)33-21-9-7-20(8-10-21)31-22-12-15-35(2)16-13-22;1-2-25(35)32-22-12-15-29-24(16-22)23-5-3-4-18-17-30-27(34-26(18)23)33-20-8-6-19(7-9-20)31-21-10-13-28-14-11-21/h3-11,14,17-18,22,31H,1,12-13,15-16H2,2H3,(H,29,32,36)(H,30,33,34);2-9,12,15-17,21,28,31H,1,10-11,13-14H2,(H,29,32,35)(H,30,33,34). The summed E-state index contributed by atoms with van der Waals surface area (Å²) >= 11 is 0. The number of amides is 2. The Hall–Kier alpha value is -8.60.